The third-order valence-corrected chi connectivity index (χ3v) is 8.20. The van der Waals surface area contributed by atoms with E-state index < -0.39 is 11.6 Å². The molecule has 2 aromatic carbocycles. The van der Waals surface area contributed by atoms with Crippen LogP contribution >= 0.6 is 23.2 Å². The van der Waals surface area contributed by atoms with Crippen molar-refractivity contribution < 1.29 is 23.8 Å². The zero-order valence-corrected chi connectivity index (χ0v) is 27.8. The molecule has 1 aliphatic heterocycles. The minimum atomic E-state index is -0.768. The number of aliphatic imine (C=N–C) groups is 1. The van der Waals surface area contributed by atoms with Crippen LogP contribution < -0.4 is 0 Å². The summed E-state index contributed by atoms with van der Waals surface area (Å²) >= 11 is 12.7. The third-order valence-electron chi connectivity index (χ3n) is 7.77. The van der Waals surface area contributed by atoms with Crippen molar-refractivity contribution in [1.29, 1.82) is 0 Å². The maximum atomic E-state index is 14.5. The van der Waals surface area contributed by atoms with Crippen LogP contribution in [0.2, 0.25) is 10.0 Å². The van der Waals surface area contributed by atoms with Crippen molar-refractivity contribution in [3.8, 4) is 0 Å². The highest BCUT2D eigenvalue weighted by atomic mass is 35.5. The lowest BCUT2D eigenvalue weighted by atomic mass is 9.84. The van der Waals surface area contributed by atoms with Gasteiger partial charge in [0.15, 0.2) is 0 Å². The van der Waals surface area contributed by atoms with Crippen molar-refractivity contribution in [1.82, 2.24) is 4.90 Å². The smallest absolute Gasteiger partial charge is 0.337 e. The molecule has 1 fully saturated rings. The lowest BCUT2D eigenvalue weighted by molar-refractivity contribution is -0.135. The molecule has 0 saturated heterocycles. The second-order valence-corrected chi connectivity index (χ2v) is 14.6. The number of carbonyl (C=O) groups is 2. The highest BCUT2D eigenvalue weighted by molar-refractivity contribution is 6.47. The van der Waals surface area contributed by atoms with Crippen LogP contribution in [0.1, 0.15) is 101 Å². The quantitative estimate of drug-likeness (QED) is 0.262. The van der Waals surface area contributed by atoms with E-state index in [2.05, 4.69) is 20.8 Å². The fourth-order valence-corrected chi connectivity index (χ4v) is 6.27. The second kappa shape index (κ2) is 13.3. The normalized spacial score (nSPS) is 21.7. The number of hydrogen-bond donors (Lipinski definition) is 0. The van der Waals surface area contributed by atoms with E-state index in [0.717, 1.165) is 18.4 Å². The number of hydrogen-bond acceptors (Lipinski definition) is 6. The van der Waals surface area contributed by atoms with Gasteiger partial charge in [0.2, 0.25) is 0 Å². The molecular weight excluding hydrogens is 587 g/mol. The number of nitrogens with zero attached hydrogens (tertiary/aromatic N) is 2. The Bertz CT molecular complexity index is 1320. The van der Waals surface area contributed by atoms with Gasteiger partial charge in [-0.25, -0.2) is 4.79 Å². The van der Waals surface area contributed by atoms with Crippen molar-refractivity contribution in [2.24, 2.45) is 10.4 Å². The molecule has 0 aromatic heterocycles. The predicted molar refractivity (Wildman–Crippen MR) is 171 cm³/mol. The van der Waals surface area contributed by atoms with Gasteiger partial charge in [0.25, 0.3) is 5.91 Å². The van der Waals surface area contributed by atoms with Crippen LogP contribution in [0.25, 0.3) is 0 Å². The number of methoxy groups -OCH3 is 1. The van der Waals surface area contributed by atoms with Crippen LogP contribution in [0.3, 0.4) is 0 Å². The van der Waals surface area contributed by atoms with Gasteiger partial charge >= 0.3 is 5.97 Å². The average molecular weight is 632 g/mol. The first-order valence-corrected chi connectivity index (χ1v) is 15.7. The summed E-state index contributed by atoms with van der Waals surface area (Å²) < 4.78 is 17.4. The molecule has 9 heteroatoms. The van der Waals surface area contributed by atoms with Crippen molar-refractivity contribution in [3.63, 3.8) is 0 Å². The zero-order valence-electron chi connectivity index (χ0n) is 26.3. The molecule has 1 amide bonds. The Morgan fingerprint density at radius 3 is 2.16 bits per heavy atom. The first kappa shape index (κ1) is 33.4. The maximum Gasteiger partial charge on any atom is 0.337 e. The largest absolute Gasteiger partial charge is 0.465 e. The van der Waals surface area contributed by atoms with E-state index in [9.17, 15) is 9.59 Å². The van der Waals surface area contributed by atoms with E-state index in [4.69, 9.17) is 42.4 Å². The first-order chi connectivity index (χ1) is 20.1. The summed E-state index contributed by atoms with van der Waals surface area (Å²) in [5, 5.41) is 0.886. The molecule has 1 atom stereocenters. The summed E-state index contributed by atoms with van der Waals surface area (Å²) in [6.45, 7) is 13.6. The Kier molecular flexibility index (Phi) is 10.3. The standard InChI is InChI=1S/C34H44Cl2N2O5/c1-32(2,3)21-42-27-12-15-34(16-13-27)37-29(24-18-25(35)20-26(36)19-24)30(39)38(34)28(14-17-43-33(4,5)6)22-8-10-23(11-9-22)31(40)41-7/h8-11,18-20,27-28H,12-17,21H2,1-7H3/t27?,28-,34?/m1/s1. The number of carbonyl (C=O) groups excluding carboxylic acids is 2. The van der Waals surface area contributed by atoms with Gasteiger partial charge in [-0.2, -0.15) is 0 Å². The van der Waals surface area contributed by atoms with Crippen molar-refractivity contribution in [3.05, 3.63) is 69.2 Å². The molecular formula is C34H44Cl2N2O5. The molecule has 1 saturated carbocycles. The predicted octanol–water partition coefficient (Wildman–Crippen LogP) is 8.06. The molecule has 0 unspecified atom stereocenters. The van der Waals surface area contributed by atoms with E-state index in [1.165, 1.54) is 7.11 Å². The van der Waals surface area contributed by atoms with Crippen molar-refractivity contribution >= 4 is 40.8 Å². The molecule has 4 rings (SSSR count). The number of amides is 1. The molecule has 43 heavy (non-hydrogen) atoms. The molecule has 0 radical (unpaired) electrons. The molecule has 234 valence electrons. The highest BCUT2D eigenvalue weighted by Gasteiger charge is 2.52. The summed E-state index contributed by atoms with van der Waals surface area (Å²) in [6, 6.07) is 12.0. The zero-order chi connectivity index (χ0) is 31.6. The molecule has 0 N–H and O–H groups in total. The van der Waals surface area contributed by atoms with E-state index in [-0.39, 0.29) is 29.1 Å². The van der Waals surface area contributed by atoms with E-state index in [0.29, 0.717) is 59.4 Å². The highest BCUT2D eigenvalue weighted by Crippen LogP contribution is 2.46. The van der Waals surface area contributed by atoms with E-state index in [1.54, 1.807) is 30.3 Å². The fraction of sp³-hybridized carbons (Fsp3) is 0.559. The van der Waals surface area contributed by atoms with Gasteiger partial charge in [-0.1, -0.05) is 56.1 Å². The van der Waals surface area contributed by atoms with Gasteiger partial charge in [-0.05, 0) is 94.2 Å². The van der Waals surface area contributed by atoms with Gasteiger partial charge in [0, 0.05) is 22.2 Å². The van der Waals surface area contributed by atoms with Crippen LogP contribution in [-0.4, -0.2) is 60.2 Å². The monoisotopic (exact) mass is 630 g/mol. The fourth-order valence-electron chi connectivity index (χ4n) is 5.74. The third kappa shape index (κ3) is 8.39. The molecule has 1 aliphatic carbocycles. The number of halogens is 2. The van der Waals surface area contributed by atoms with Crippen LogP contribution in [-0.2, 0) is 19.0 Å². The van der Waals surface area contributed by atoms with Crippen LogP contribution in [0, 0.1) is 5.41 Å². The molecule has 0 bridgehead atoms. The van der Waals surface area contributed by atoms with Gasteiger partial charge in [0.05, 0.1) is 37.0 Å². The minimum absolute atomic E-state index is 0.0656. The molecule has 7 nitrogen and oxygen atoms in total. The van der Waals surface area contributed by atoms with Crippen LogP contribution in [0.5, 0.6) is 0 Å². The summed E-state index contributed by atoms with van der Waals surface area (Å²) in [4.78, 5) is 33.8. The average Bonchev–Trinajstić information content (AvgIpc) is 3.20. The Morgan fingerprint density at radius 2 is 1.63 bits per heavy atom. The topological polar surface area (TPSA) is 77.4 Å². The first-order valence-electron chi connectivity index (χ1n) is 14.9. The Morgan fingerprint density at radius 1 is 1.02 bits per heavy atom. The number of esters is 1. The summed E-state index contributed by atoms with van der Waals surface area (Å²) in [5.41, 5.74) is 1.25. The van der Waals surface area contributed by atoms with Gasteiger partial charge in [-0.15, -0.1) is 0 Å². The minimum Gasteiger partial charge on any atom is -0.465 e. The lowest BCUT2D eigenvalue weighted by Crippen LogP contribution is -2.51. The molecule has 2 aromatic rings. The maximum absolute atomic E-state index is 14.5. The Balaban J connectivity index is 1.74. The summed E-state index contributed by atoms with van der Waals surface area (Å²) in [6.07, 6.45) is 3.51. The SMILES string of the molecule is COC(=O)c1ccc([C@@H](CCOC(C)(C)C)N2C(=O)C(c3cc(Cl)cc(Cl)c3)=NC23CCC(OCC(C)(C)C)CC3)cc1. The van der Waals surface area contributed by atoms with Crippen molar-refractivity contribution in [2.45, 2.75) is 97.1 Å². The van der Waals surface area contributed by atoms with Crippen molar-refractivity contribution in [2.75, 3.05) is 20.3 Å². The van der Waals surface area contributed by atoms with Gasteiger partial charge in [0.1, 0.15) is 11.4 Å². The van der Waals surface area contributed by atoms with Crippen LogP contribution in [0.15, 0.2) is 47.5 Å². The molecule has 1 heterocycles. The lowest BCUT2D eigenvalue weighted by Gasteiger charge is -2.45. The van der Waals surface area contributed by atoms with E-state index >= 15 is 0 Å². The summed E-state index contributed by atoms with van der Waals surface area (Å²) in [7, 11) is 1.36. The van der Waals surface area contributed by atoms with Crippen LogP contribution in [0.4, 0.5) is 0 Å². The Hall–Kier alpha value is -2.45. The molecule has 1 spiro atoms. The number of benzene rings is 2. The molecule has 2 aliphatic rings. The number of rotatable bonds is 9. The van der Waals surface area contributed by atoms with E-state index in [1.807, 2.05) is 37.8 Å². The number of ether oxygens (including phenoxy) is 3. The van der Waals surface area contributed by atoms with Gasteiger partial charge in [-0.3, -0.25) is 9.79 Å². The van der Waals surface area contributed by atoms with Gasteiger partial charge < -0.3 is 19.1 Å². The second-order valence-electron chi connectivity index (χ2n) is 13.7. The summed E-state index contributed by atoms with van der Waals surface area (Å²) in [5.74, 6) is -0.588. The Labute approximate surface area is 265 Å².